The number of urea groups is 1. The molecule has 0 unspecified atom stereocenters. The number of anilines is 1. The predicted octanol–water partition coefficient (Wildman–Crippen LogP) is 3.96. The van der Waals surface area contributed by atoms with Crippen LogP contribution < -0.4 is 20.1 Å². The number of nitrogens with zero attached hydrogens (tertiary/aromatic N) is 1. The number of hydrogen-bond donors (Lipinski definition) is 2. The van der Waals surface area contributed by atoms with Crippen LogP contribution in [0.2, 0.25) is 0 Å². The molecule has 4 rings (SSSR count). The molecule has 168 valence electrons. The minimum atomic E-state index is -0.638. The van der Waals surface area contributed by atoms with Gasteiger partial charge in [-0.2, -0.15) is 0 Å². The molecule has 9 heteroatoms. The second-order valence-corrected chi connectivity index (χ2v) is 8.21. The summed E-state index contributed by atoms with van der Waals surface area (Å²) in [6.07, 6.45) is 1.61. The molecule has 0 aliphatic carbocycles. The van der Waals surface area contributed by atoms with Gasteiger partial charge < -0.3 is 20.1 Å². The Kier molecular flexibility index (Phi) is 6.41. The molecule has 0 bridgehead atoms. The molecule has 33 heavy (non-hydrogen) atoms. The summed E-state index contributed by atoms with van der Waals surface area (Å²) in [5.74, 6) is 0.366. The van der Waals surface area contributed by atoms with E-state index in [1.807, 2.05) is 36.4 Å². The van der Waals surface area contributed by atoms with Crippen molar-refractivity contribution in [3.05, 3.63) is 71.2 Å². The van der Waals surface area contributed by atoms with Gasteiger partial charge in [-0.3, -0.25) is 9.59 Å². The Labute approximate surface area is 194 Å². The molecule has 3 aromatic rings. The fourth-order valence-electron chi connectivity index (χ4n) is 3.24. The SMILES string of the molecule is COc1ccc(NC(=O)CN2C(=O)NC(=Cc3ccc(-c4cccc(OC)c4)s3)C2=O)cc1. The first-order chi connectivity index (χ1) is 16.0. The van der Waals surface area contributed by atoms with Gasteiger partial charge in [0.05, 0.1) is 14.2 Å². The van der Waals surface area contributed by atoms with Crippen molar-refractivity contribution in [3.8, 4) is 21.9 Å². The van der Waals surface area contributed by atoms with E-state index in [1.165, 1.54) is 11.3 Å². The number of benzene rings is 2. The van der Waals surface area contributed by atoms with Gasteiger partial charge in [-0.05, 0) is 60.2 Å². The summed E-state index contributed by atoms with van der Waals surface area (Å²) >= 11 is 1.47. The molecular formula is C24H21N3O5S. The molecule has 1 aliphatic rings. The van der Waals surface area contributed by atoms with Crippen LogP contribution in [0.5, 0.6) is 11.5 Å². The van der Waals surface area contributed by atoms with Crippen LogP contribution in [-0.4, -0.2) is 43.5 Å². The van der Waals surface area contributed by atoms with E-state index in [2.05, 4.69) is 10.6 Å². The monoisotopic (exact) mass is 463 g/mol. The van der Waals surface area contributed by atoms with E-state index >= 15 is 0 Å². The number of imide groups is 1. The van der Waals surface area contributed by atoms with Crippen molar-refractivity contribution < 1.29 is 23.9 Å². The minimum absolute atomic E-state index is 0.122. The molecule has 1 saturated heterocycles. The predicted molar refractivity (Wildman–Crippen MR) is 126 cm³/mol. The second kappa shape index (κ2) is 9.58. The van der Waals surface area contributed by atoms with Gasteiger partial charge in [-0.25, -0.2) is 9.69 Å². The maximum atomic E-state index is 12.7. The number of amides is 4. The van der Waals surface area contributed by atoms with E-state index in [4.69, 9.17) is 9.47 Å². The topological polar surface area (TPSA) is 97.0 Å². The van der Waals surface area contributed by atoms with Crippen LogP contribution in [0.4, 0.5) is 10.5 Å². The minimum Gasteiger partial charge on any atom is -0.497 e. The first-order valence-electron chi connectivity index (χ1n) is 9.99. The number of methoxy groups -OCH3 is 2. The Balaban J connectivity index is 1.43. The summed E-state index contributed by atoms with van der Waals surface area (Å²) in [5, 5.41) is 5.20. The van der Waals surface area contributed by atoms with Gasteiger partial charge in [-0.1, -0.05) is 12.1 Å². The lowest BCUT2D eigenvalue weighted by atomic mass is 10.2. The summed E-state index contributed by atoms with van der Waals surface area (Å²) in [5.41, 5.74) is 1.64. The molecule has 2 N–H and O–H groups in total. The Hall–Kier alpha value is -4.11. The summed E-state index contributed by atoms with van der Waals surface area (Å²) in [7, 11) is 3.16. The third-order valence-electron chi connectivity index (χ3n) is 4.91. The van der Waals surface area contributed by atoms with Crippen molar-refractivity contribution in [2.45, 2.75) is 0 Å². The maximum Gasteiger partial charge on any atom is 0.329 e. The highest BCUT2D eigenvalue weighted by Crippen LogP contribution is 2.31. The smallest absolute Gasteiger partial charge is 0.329 e. The van der Waals surface area contributed by atoms with Crippen LogP contribution in [0.1, 0.15) is 4.88 Å². The lowest BCUT2D eigenvalue weighted by Crippen LogP contribution is -2.38. The zero-order chi connectivity index (χ0) is 23.4. The van der Waals surface area contributed by atoms with Gasteiger partial charge in [0.1, 0.15) is 23.7 Å². The molecule has 2 aromatic carbocycles. The van der Waals surface area contributed by atoms with Crippen molar-refractivity contribution in [2.24, 2.45) is 0 Å². The average Bonchev–Trinajstić information content (AvgIpc) is 3.40. The molecular weight excluding hydrogens is 442 g/mol. The summed E-state index contributed by atoms with van der Waals surface area (Å²) in [4.78, 5) is 40.0. The molecule has 8 nitrogen and oxygen atoms in total. The number of rotatable bonds is 7. The second-order valence-electron chi connectivity index (χ2n) is 7.09. The number of ether oxygens (including phenoxy) is 2. The quantitative estimate of drug-likeness (QED) is 0.408. The van der Waals surface area contributed by atoms with Crippen LogP contribution in [0.3, 0.4) is 0 Å². The summed E-state index contributed by atoms with van der Waals surface area (Å²) in [6, 6.07) is 17.6. The number of carbonyl (C=O) groups excluding carboxylic acids is 3. The maximum absolute atomic E-state index is 12.7. The van der Waals surface area contributed by atoms with Crippen molar-refractivity contribution >= 4 is 40.9 Å². The number of thiophene rings is 1. The Morgan fingerprint density at radius 2 is 1.79 bits per heavy atom. The Morgan fingerprint density at radius 1 is 1.03 bits per heavy atom. The van der Waals surface area contributed by atoms with Crippen LogP contribution in [0, 0.1) is 0 Å². The first-order valence-corrected chi connectivity index (χ1v) is 10.8. The van der Waals surface area contributed by atoms with E-state index in [0.29, 0.717) is 11.4 Å². The standard InChI is InChI=1S/C24H21N3O5S/c1-31-17-8-6-16(7-9-17)25-22(28)14-27-23(29)20(26-24(27)30)13-19-10-11-21(33-19)15-4-3-5-18(12-15)32-2/h3-13H,14H2,1-2H3,(H,25,28)(H,26,30). The van der Waals surface area contributed by atoms with E-state index in [0.717, 1.165) is 26.0 Å². The van der Waals surface area contributed by atoms with Gasteiger partial charge in [0.15, 0.2) is 0 Å². The largest absolute Gasteiger partial charge is 0.497 e. The number of nitrogens with one attached hydrogen (secondary N) is 2. The van der Waals surface area contributed by atoms with E-state index in [-0.39, 0.29) is 5.70 Å². The van der Waals surface area contributed by atoms with Gasteiger partial charge in [0.2, 0.25) is 5.91 Å². The highest BCUT2D eigenvalue weighted by molar-refractivity contribution is 7.16. The van der Waals surface area contributed by atoms with E-state index < -0.39 is 24.4 Å². The highest BCUT2D eigenvalue weighted by atomic mass is 32.1. The number of hydrogen-bond acceptors (Lipinski definition) is 6. The van der Waals surface area contributed by atoms with Crippen LogP contribution in [0.15, 0.2) is 66.4 Å². The normalized spacial score (nSPS) is 14.4. The molecule has 0 radical (unpaired) electrons. The van der Waals surface area contributed by atoms with Crippen LogP contribution in [-0.2, 0) is 9.59 Å². The first kappa shape index (κ1) is 22.1. The lowest BCUT2D eigenvalue weighted by molar-refractivity contribution is -0.127. The molecule has 2 heterocycles. The summed E-state index contributed by atoms with van der Waals surface area (Å²) < 4.78 is 10.3. The third-order valence-corrected chi connectivity index (χ3v) is 5.99. The Morgan fingerprint density at radius 3 is 2.52 bits per heavy atom. The van der Waals surface area contributed by atoms with Crippen molar-refractivity contribution in [1.82, 2.24) is 10.2 Å². The zero-order valence-corrected chi connectivity index (χ0v) is 18.8. The van der Waals surface area contributed by atoms with Gasteiger partial charge in [0.25, 0.3) is 5.91 Å². The molecule has 1 aromatic heterocycles. The molecule has 0 saturated carbocycles. The Bertz CT molecular complexity index is 1230. The fraction of sp³-hybridized carbons (Fsp3) is 0.125. The molecule has 1 fully saturated rings. The summed E-state index contributed by atoms with van der Waals surface area (Å²) in [6.45, 7) is -0.395. The molecule has 0 atom stereocenters. The van der Waals surface area contributed by atoms with E-state index in [9.17, 15) is 14.4 Å². The van der Waals surface area contributed by atoms with Crippen molar-refractivity contribution in [3.63, 3.8) is 0 Å². The molecule has 1 aliphatic heterocycles. The van der Waals surface area contributed by atoms with Crippen molar-refractivity contribution in [1.29, 1.82) is 0 Å². The lowest BCUT2D eigenvalue weighted by Gasteiger charge is -2.12. The zero-order valence-electron chi connectivity index (χ0n) is 18.0. The van der Waals surface area contributed by atoms with Crippen LogP contribution >= 0.6 is 11.3 Å². The molecule has 4 amide bonds. The van der Waals surface area contributed by atoms with E-state index in [1.54, 1.807) is 44.6 Å². The third kappa shape index (κ3) is 5.04. The average molecular weight is 464 g/mol. The number of carbonyl (C=O) groups is 3. The van der Waals surface area contributed by atoms with Gasteiger partial charge in [0, 0.05) is 15.4 Å². The van der Waals surface area contributed by atoms with Crippen molar-refractivity contribution in [2.75, 3.05) is 26.1 Å². The molecule has 0 spiro atoms. The fourth-order valence-corrected chi connectivity index (χ4v) is 4.19. The highest BCUT2D eigenvalue weighted by Gasteiger charge is 2.35. The van der Waals surface area contributed by atoms with Gasteiger partial charge in [-0.15, -0.1) is 11.3 Å². The van der Waals surface area contributed by atoms with Gasteiger partial charge >= 0.3 is 6.03 Å². The van der Waals surface area contributed by atoms with Crippen LogP contribution in [0.25, 0.3) is 16.5 Å².